The molecule has 0 amide bonds. The molecule has 0 aliphatic carbocycles. The summed E-state index contributed by atoms with van der Waals surface area (Å²) in [5, 5.41) is 3.66. The Kier molecular flexibility index (Phi) is 5.83. The minimum absolute atomic E-state index is 0.0967. The molecule has 1 saturated heterocycles. The zero-order valence-corrected chi connectivity index (χ0v) is 12.0. The number of hydrogen-bond donors (Lipinski definition) is 1. The summed E-state index contributed by atoms with van der Waals surface area (Å²) in [5.41, 5.74) is 1.24. The van der Waals surface area contributed by atoms with E-state index in [9.17, 15) is 0 Å². The maximum atomic E-state index is 5.79. The minimum atomic E-state index is 0.0967. The van der Waals surface area contributed by atoms with Crippen LogP contribution in [0.1, 0.15) is 31.4 Å². The molecule has 0 saturated carbocycles. The molecule has 3 nitrogen and oxygen atoms in total. The number of methoxy groups -OCH3 is 1. The summed E-state index contributed by atoms with van der Waals surface area (Å²) in [6, 6.07) is 10.8. The monoisotopic (exact) mass is 263 g/mol. The average Bonchev–Trinajstić information content (AvgIpc) is 2.98. The van der Waals surface area contributed by atoms with Crippen LogP contribution in [0.25, 0.3) is 0 Å². The van der Waals surface area contributed by atoms with Crippen molar-refractivity contribution in [2.24, 2.45) is 5.92 Å². The van der Waals surface area contributed by atoms with Crippen LogP contribution >= 0.6 is 0 Å². The Morgan fingerprint density at radius 2 is 2.16 bits per heavy atom. The summed E-state index contributed by atoms with van der Waals surface area (Å²) in [6.07, 6.45) is 2.35. The Hall–Kier alpha value is -0.900. The minimum Gasteiger partial charge on any atom is -0.381 e. The quantitative estimate of drug-likeness (QED) is 0.820. The fourth-order valence-electron chi connectivity index (χ4n) is 2.80. The number of nitrogens with one attached hydrogen (secondary N) is 1. The molecule has 0 bridgehead atoms. The molecule has 1 fully saturated rings. The van der Waals surface area contributed by atoms with E-state index in [4.69, 9.17) is 9.47 Å². The molecule has 1 aromatic rings. The molecule has 3 heteroatoms. The molecular formula is C16H25NO2. The lowest BCUT2D eigenvalue weighted by Crippen LogP contribution is -2.42. The first-order chi connectivity index (χ1) is 9.36. The van der Waals surface area contributed by atoms with Crippen LogP contribution in [0.2, 0.25) is 0 Å². The van der Waals surface area contributed by atoms with Gasteiger partial charge in [-0.05, 0) is 24.9 Å². The van der Waals surface area contributed by atoms with E-state index in [1.165, 1.54) is 5.56 Å². The molecule has 3 atom stereocenters. The Morgan fingerprint density at radius 1 is 1.37 bits per heavy atom. The first kappa shape index (κ1) is 14.5. The third-order valence-corrected chi connectivity index (χ3v) is 3.81. The van der Waals surface area contributed by atoms with E-state index in [-0.39, 0.29) is 6.10 Å². The van der Waals surface area contributed by atoms with E-state index in [0.29, 0.717) is 12.0 Å². The van der Waals surface area contributed by atoms with Gasteiger partial charge < -0.3 is 14.8 Å². The zero-order valence-electron chi connectivity index (χ0n) is 12.0. The van der Waals surface area contributed by atoms with Crippen molar-refractivity contribution >= 4 is 0 Å². The van der Waals surface area contributed by atoms with Gasteiger partial charge in [0, 0.05) is 25.7 Å². The lowest BCUT2D eigenvalue weighted by Gasteiger charge is -2.31. The van der Waals surface area contributed by atoms with Crippen LogP contribution in [-0.4, -0.2) is 32.9 Å². The SMILES string of the molecule is CCCNC(C1CCOC1)C(OC)c1ccccc1. The standard InChI is InChI=1S/C16H25NO2/c1-3-10-17-15(14-9-11-19-12-14)16(18-2)13-7-5-4-6-8-13/h4-8,14-17H,3,9-12H2,1-2H3. The topological polar surface area (TPSA) is 30.5 Å². The maximum Gasteiger partial charge on any atom is 0.0977 e. The van der Waals surface area contributed by atoms with Crippen molar-refractivity contribution in [2.45, 2.75) is 31.9 Å². The molecule has 1 N–H and O–H groups in total. The van der Waals surface area contributed by atoms with Crippen LogP contribution in [0.4, 0.5) is 0 Å². The van der Waals surface area contributed by atoms with E-state index in [0.717, 1.165) is 32.6 Å². The molecule has 0 aromatic heterocycles. The average molecular weight is 263 g/mol. The first-order valence-corrected chi connectivity index (χ1v) is 7.25. The Labute approximate surface area is 116 Å². The summed E-state index contributed by atoms with van der Waals surface area (Å²) in [4.78, 5) is 0. The predicted molar refractivity (Wildman–Crippen MR) is 77.2 cm³/mol. The van der Waals surface area contributed by atoms with Crippen molar-refractivity contribution in [3.63, 3.8) is 0 Å². The molecule has 1 aromatic carbocycles. The van der Waals surface area contributed by atoms with Gasteiger partial charge in [0.15, 0.2) is 0 Å². The van der Waals surface area contributed by atoms with Crippen LogP contribution in [0.3, 0.4) is 0 Å². The van der Waals surface area contributed by atoms with E-state index in [1.54, 1.807) is 7.11 Å². The van der Waals surface area contributed by atoms with Gasteiger partial charge in [0.05, 0.1) is 12.7 Å². The fourth-order valence-corrected chi connectivity index (χ4v) is 2.80. The molecule has 0 spiro atoms. The van der Waals surface area contributed by atoms with Crippen molar-refractivity contribution < 1.29 is 9.47 Å². The Balaban J connectivity index is 2.13. The second-order valence-electron chi connectivity index (χ2n) is 5.17. The van der Waals surface area contributed by atoms with Gasteiger partial charge in [-0.2, -0.15) is 0 Å². The third kappa shape index (κ3) is 3.78. The molecule has 1 aliphatic heterocycles. The number of hydrogen-bond acceptors (Lipinski definition) is 3. The maximum absolute atomic E-state index is 5.79. The lowest BCUT2D eigenvalue weighted by atomic mass is 9.90. The van der Waals surface area contributed by atoms with E-state index in [2.05, 4.69) is 36.5 Å². The van der Waals surface area contributed by atoms with Gasteiger partial charge in [-0.25, -0.2) is 0 Å². The van der Waals surface area contributed by atoms with Crippen LogP contribution < -0.4 is 5.32 Å². The molecule has 1 heterocycles. The van der Waals surface area contributed by atoms with Crippen molar-refractivity contribution in [1.29, 1.82) is 0 Å². The normalized spacial score (nSPS) is 22.3. The van der Waals surface area contributed by atoms with E-state index < -0.39 is 0 Å². The highest BCUT2D eigenvalue weighted by atomic mass is 16.5. The summed E-state index contributed by atoms with van der Waals surface area (Å²) in [6.45, 7) is 4.93. The van der Waals surface area contributed by atoms with Gasteiger partial charge in [-0.1, -0.05) is 37.3 Å². The van der Waals surface area contributed by atoms with Gasteiger partial charge in [-0.15, -0.1) is 0 Å². The summed E-state index contributed by atoms with van der Waals surface area (Å²) >= 11 is 0. The van der Waals surface area contributed by atoms with Crippen LogP contribution in [0.15, 0.2) is 30.3 Å². The van der Waals surface area contributed by atoms with Crippen molar-refractivity contribution in [1.82, 2.24) is 5.32 Å². The molecule has 3 unspecified atom stereocenters. The van der Waals surface area contributed by atoms with Crippen molar-refractivity contribution in [3.8, 4) is 0 Å². The highest BCUT2D eigenvalue weighted by molar-refractivity contribution is 5.19. The molecule has 19 heavy (non-hydrogen) atoms. The van der Waals surface area contributed by atoms with Gasteiger partial charge in [0.2, 0.25) is 0 Å². The molecular weight excluding hydrogens is 238 g/mol. The highest BCUT2D eigenvalue weighted by Gasteiger charge is 2.32. The fraction of sp³-hybridized carbons (Fsp3) is 0.625. The van der Waals surface area contributed by atoms with Crippen molar-refractivity contribution in [3.05, 3.63) is 35.9 Å². The second kappa shape index (κ2) is 7.63. The highest BCUT2D eigenvalue weighted by Crippen LogP contribution is 2.29. The zero-order chi connectivity index (χ0) is 13.5. The van der Waals surface area contributed by atoms with E-state index >= 15 is 0 Å². The molecule has 2 rings (SSSR count). The van der Waals surface area contributed by atoms with Gasteiger partial charge in [0.25, 0.3) is 0 Å². The Bertz CT molecular complexity index is 349. The molecule has 106 valence electrons. The van der Waals surface area contributed by atoms with Crippen molar-refractivity contribution in [2.75, 3.05) is 26.9 Å². The summed E-state index contributed by atoms with van der Waals surface area (Å²) in [5.74, 6) is 0.539. The predicted octanol–water partition coefficient (Wildman–Crippen LogP) is 2.78. The van der Waals surface area contributed by atoms with Crippen LogP contribution in [0, 0.1) is 5.92 Å². The van der Waals surface area contributed by atoms with Crippen LogP contribution in [0.5, 0.6) is 0 Å². The molecule has 1 aliphatic rings. The van der Waals surface area contributed by atoms with Gasteiger partial charge in [0.1, 0.15) is 0 Å². The first-order valence-electron chi connectivity index (χ1n) is 7.25. The molecule has 0 radical (unpaired) electrons. The number of benzene rings is 1. The summed E-state index contributed by atoms with van der Waals surface area (Å²) in [7, 11) is 1.80. The lowest BCUT2D eigenvalue weighted by molar-refractivity contribution is 0.0428. The number of ether oxygens (including phenoxy) is 2. The largest absolute Gasteiger partial charge is 0.381 e. The van der Waals surface area contributed by atoms with E-state index in [1.807, 2.05) is 6.07 Å². The Morgan fingerprint density at radius 3 is 2.74 bits per heavy atom. The second-order valence-corrected chi connectivity index (χ2v) is 5.17. The van der Waals surface area contributed by atoms with Gasteiger partial charge >= 0.3 is 0 Å². The number of rotatable bonds is 7. The van der Waals surface area contributed by atoms with Gasteiger partial charge in [-0.3, -0.25) is 0 Å². The summed E-state index contributed by atoms with van der Waals surface area (Å²) < 4.78 is 11.3. The smallest absolute Gasteiger partial charge is 0.0977 e. The third-order valence-electron chi connectivity index (χ3n) is 3.81. The van der Waals surface area contributed by atoms with Crippen LogP contribution in [-0.2, 0) is 9.47 Å².